The molecule has 0 amide bonds. The Hall–Kier alpha value is -0.850. The molecule has 0 unspecified atom stereocenters. The summed E-state index contributed by atoms with van der Waals surface area (Å²) in [6.07, 6.45) is 4.78. The number of aromatic nitrogens is 1. The lowest BCUT2D eigenvalue weighted by Crippen LogP contribution is -1.89. The monoisotopic (exact) mass is 147 g/mol. The molecule has 0 bridgehead atoms. The molecule has 1 fully saturated rings. The normalized spacial score (nSPS) is 16.9. The first-order valence-electron chi connectivity index (χ1n) is 4.20. The molecule has 1 aromatic rings. The minimum atomic E-state index is 0.836. The number of pyridine rings is 1. The highest BCUT2D eigenvalue weighted by molar-refractivity contribution is 5.30. The van der Waals surface area contributed by atoms with Gasteiger partial charge in [-0.1, -0.05) is 0 Å². The molecule has 0 atom stereocenters. The average Bonchev–Trinajstić information content (AvgIpc) is 2.70. The predicted octanol–water partition coefficient (Wildman–Crippen LogP) is 2.58. The van der Waals surface area contributed by atoms with Crippen LogP contribution >= 0.6 is 0 Å². The molecule has 1 heteroatoms. The van der Waals surface area contributed by atoms with Crippen LogP contribution in [0, 0.1) is 13.8 Å². The Labute approximate surface area is 67.5 Å². The molecular weight excluding hydrogens is 134 g/mol. The quantitative estimate of drug-likeness (QED) is 0.595. The van der Waals surface area contributed by atoms with E-state index in [0.29, 0.717) is 0 Å². The van der Waals surface area contributed by atoms with E-state index >= 15 is 0 Å². The Kier molecular flexibility index (Phi) is 1.45. The molecule has 0 spiro atoms. The van der Waals surface area contributed by atoms with Crippen LogP contribution in [-0.4, -0.2) is 4.98 Å². The molecule has 1 aromatic heterocycles. The molecule has 0 saturated heterocycles. The van der Waals surface area contributed by atoms with Gasteiger partial charge in [0.2, 0.25) is 0 Å². The number of hydrogen-bond donors (Lipinski definition) is 0. The number of hydrogen-bond acceptors (Lipinski definition) is 1. The summed E-state index contributed by atoms with van der Waals surface area (Å²) in [5, 5.41) is 0. The lowest BCUT2D eigenvalue weighted by Gasteiger charge is -2.02. The first kappa shape index (κ1) is 6.84. The van der Waals surface area contributed by atoms with E-state index in [-0.39, 0.29) is 0 Å². The molecule has 1 aliphatic carbocycles. The smallest absolute Gasteiger partial charge is 0.0375 e. The van der Waals surface area contributed by atoms with Crippen molar-refractivity contribution in [2.24, 2.45) is 0 Å². The van der Waals surface area contributed by atoms with Gasteiger partial charge in [-0.2, -0.15) is 0 Å². The Balaban J connectivity index is 2.39. The van der Waals surface area contributed by atoms with Crippen molar-refractivity contribution in [1.29, 1.82) is 0 Å². The van der Waals surface area contributed by atoms with Gasteiger partial charge in [0.15, 0.2) is 0 Å². The van der Waals surface area contributed by atoms with E-state index in [2.05, 4.69) is 18.0 Å². The zero-order chi connectivity index (χ0) is 7.84. The van der Waals surface area contributed by atoms with Gasteiger partial charge in [-0.15, -0.1) is 0 Å². The summed E-state index contributed by atoms with van der Waals surface area (Å²) >= 11 is 0. The minimum Gasteiger partial charge on any atom is -0.261 e. The van der Waals surface area contributed by atoms with Gasteiger partial charge in [0.05, 0.1) is 0 Å². The van der Waals surface area contributed by atoms with Crippen LogP contribution in [0.2, 0.25) is 0 Å². The number of rotatable bonds is 1. The van der Waals surface area contributed by atoms with Crippen LogP contribution in [0.4, 0.5) is 0 Å². The average molecular weight is 147 g/mol. The summed E-state index contributed by atoms with van der Waals surface area (Å²) in [6, 6.07) is 2.17. The largest absolute Gasteiger partial charge is 0.261 e. The van der Waals surface area contributed by atoms with E-state index in [4.69, 9.17) is 0 Å². The van der Waals surface area contributed by atoms with E-state index in [0.717, 1.165) is 11.6 Å². The van der Waals surface area contributed by atoms with Crippen LogP contribution in [0.3, 0.4) is 0 Å². The summed E-state index contributed by atoms with van der Waals surface area (Å²) < 4.78 is 0. The first-order valence-corrected chi connectivity index (χ1v) is 4.20. The highest BCUT2D eigenvalue weighted by atomic mass is 14.7. The van der Waals surface area contributed by atoms with Crippen LogP contribution in [-0.2, 0) is 0 Å². The Morgan fingerprint density at radius 3 is 2.64 bits per heavy atom. The van der Waals surface area contributed by atoms with Gasteiger partial charge in [0, 0.05) is 11.9 Å². The maximum Gasteiger partial charge on any atom is 0.0375 e. The summed E-state index contributed by atoms with van der Waals surface area (Å²) in [7, 11) is 0. The van der Waals surface area contributed by atoms with E-state index in [1.165, 1.54) is 24.0 Å². The minimum absolute atomic E-state index is 0.836. The molecule has 2 rings (SSSR count). The molecule has 0 aliphatic heterocycles. The summed E-state index contributed by atoms with van der Waals surface area (Å²) in [4.78, 5) is 4.30. The maximum absolute atomic E-state index is 4.30. The standard InChI is InChI=1S/C10H13N/c1-7-5-8(2)11-6-10(7)9-3-4-9/h5-6,9H,3-4H2,1-2H3. The Bertz CT molecular complexity index is 274. The molecule has 0 N–H and O–H groups in total. The topological polar surface area (TPSA) is 12.9 Å². The van der Waals surface area contributed by atoms with Crippen molar-refractivity contribution >= 4 is 0 Å². The second kappa shape index (κ2) is 2.33. The van der Waals surface area contributed by atoms with Crippen molar-refractivity contribution in [2.45, 2.75) is 32.6 Å². The van der Waals surface area contributed by atoms with Crippen LogP contribution in [0.25, 0.3) is 0 Å². The highest BCUT2D eigenvalue weighted by Crippen LogP contribution is 2.41. The fourth-order valence-electron chi connectivity index (χ4n) is 1.53. The van der Waals surface area contributed by atoms with Crippen molar-refractivity contribution in [2.75, 3.05) is 0 Å². The van der Waals surface area contributed by atoms with Gasteiger partial charge in [-0.05, 0) is 49.8 Å². The third-order valence-electron chi connectivity index (χ3n) is 2.31. The molecule has 0 aromatic carbocycles. The van der Waals surface area contributed by atoms with Gasteiger partial charge in [-0.3, -0.25) is 4.98 Å². The first-order chi connectivity index (χ1) is 5.27. The molecule has 1 saturated carbocycles. The van der Waals surface area contributed by atoms with E-state index < -0.39 is 0 Å². The van der Waals surface area contributed by atoms with Crippen molar-refractivity contribution < 1.29 is 0 Å². The van der Waals surface area contributed by atoms with Gasteiger partial charge >= 0.3 is 0 Å². The van der Waals surface area contributed by atoms with Gasteiger partial charge in [0.25, 0.3) is 0 Å². The van der Waals surface area contributed by atoms with Gasteiger partial charge in [0.1, 0.15) is 0 Å². The fourth-order valence-corrected chi connectivity index (χ4v) is 1.53. The molecule has 1 nitrogen and oxygen atoms in total. The van der Waals surface area contributed by atoms with Crippen molar-refractivity contribution in [1.82, 2.24) is 4.98 Å². The number of nitrogens with zero attached hydrogens (tertiary/aromatic N) is 1. The third-order valence-corrected chi connectivity index (χ3v) is 2.31. The maximum atomic E-state index is 4.30. The molecule has 0 radical (unpaired) electrons. The van der Waals surface area contributed by atoms with Gasteiger partial charge in [-0.25, -0.2) is 0 Å². The van der Waals surface area contributed by atoms with Crippen LogP contribution < -0.4 is 0 Å². The lowest BCUT2D eigenvalue weighted by atomic mass is 10.1. The molecule has 11 heavy (non-hydrogen) atoms. The molecular formula is C10H13N. The zero-order valence-electron chi connectivity index (χ0n) is 7.09. The SMILES string of the molecule is Cc1cc(C)c(C2CC2)cn1. The van der Waals surface area contributed by atoms with Crippen LogP contribution in [0.5, 0.6) is 0 Å². The highest BCUT2D eigenvalue weighted by Gasteiger charge is 2.24. The van der Waals surface area contributed by atoms with E-state index in [1.54, 1.807) is 0 Å². The molecule has 1 aliphatic rings. The lowest BCUT2D eigenvalue weighted by molar-refractivity contribution is 1.04. The Morgan fingerprint density at radius 1 is 1.36 bits per heavy atom. The summed E-state index contributed by atoms with van der Waals surface area (Å²) in [5.41, 5.74) is 4.02. The van der Waals surface area contributed by atoms with Crippen LogP contribution in [0.15, 0.2) is 12.3 Å². The van der Waals surface area contributed by atoms with Crippen LogP contribution in [0.1, 0.15) is 35.6 Å². The second-order valence-corrected chi connectivity index (χ2v) is 3.46. The van der Waals surface area contributed by atoms with Crippen molar-refractivity contribution in [3.8, 4) is 0 Å². The zero-order valence-corrected chi connectivity index (χ0v) is 7.09. The summed E-state index contributed by atoms with van der Waals surface area (Å²) in [6.45, 7) is 4.23. The third kappa shape index (κ3) is 1.28. The second-order valence-electron chi connectivity index (χ2n) is 3.46. The van der Waals surface area contributed by atoms with Crippen molar-refractivity contribution in [3.63, 3.8) is 0 Å². The number of aryl methyl sites for hydroxylation is 2. The predicted molar refractivity (Wildman–Crippen MR) is 45.7 cm³/mol. The van der Waals surface area contributed by atoms with E-state index in [9.17, 15) is 0 Å². The van der Waals surface area contributed by atoms with E-state index in [1.807, 2.05) is 13.1 Å². The van der Waals surface area contributed by atoms with Gasteiger partial charge < -0.3 is 0 Å². The molecule has 58 valence electrons. The fraction of sp³-hybridized carbons (Fsp3) is 0.500. The Morgan fingerprint density at radius 2 is 2.09 bits per heavy atom. The van der Waals surface area contributed by atoms with Crippen molar-refractivity contribution in [3.05, 3.63) is 29.1 Å². The summed E-state index contributed by atoms with van der Waals surface area (Å²) in [5.74, 6) is 0.836. The molecule has 1 heterocycles.